The summed E-state index contributed by atoms with van der Waals surface area (Å²) in [6, 6.07) is 0. The molecule has 0 bridgehead atoms. The fourth-order valence-electron chi connectivity index (χ4n) is 1.13. The molecule has 0 radical (unpaired) electrons. The summed E-state index contributed by atoms with van der Waals surface area (Å²) in [7, 11) is 0. The lowest BCUT2D eigenvalue weighted by Crippen LogP contribution is -2.37. The SMILES string of the molecule is O=C(NC1(CBr)CC1)c1cn[nH]c1. The Morgan fingerprint density at radius 2 is 2.54 bits per heavy atom. The van der Waals surface area contributed by atoms with E-state index in [1.807, 2.05) is 0 Å². The van der Waals surface area contributed by atoms with Crippen molar-refractivity contribution in [2.75, 3.05) is 5.33 Å². The van der Waals surface area contributed by atoms with Crippen molar-refractivity contribution in [2.24, 2.45) is 0 Å². The molecule has 13 heavy (non-hydrogen) atoms. The van der Waals surface area contributed by atoms with Crippen LogP contribution in [-0.2, 0) is 0 Å². The number of rotatable bonds is 3. The average molecular weight is 244 g/mol. The van der Waals surface area contributed by atoms with Crippen LogP contribution in [-0.4, -0.2) is 27.0 Å². The molecule has 4 nitrogen and oxygen atoms in total. The molecule has 1 aromatic rings. The number of amides is 1. The van der Waals surface area contributed by atoms with E-state index in [0.717, 1.165) is 18.2 Å². The first kappa shape index (κ1) is 8.74. The Morgan fingerprint density at radius 1 is 1.77 bits per heavy atom. The topological polar surface area (TPSA) is 57.8 Å². The molecule has 0 saturated heterocycles. The van der Waals surface area contributed by atoms with Gasteiger partial charge in [0.15, 0.2) is 0 Å². The molecule has 1 saturated carbocycles. The highest BCUT2D eigenvalue weighted by Gasteiger charge is 2.43. The lowest BCUT2D eigenvalue weighted by atomic mass is 10.2. The normalized spacial score (nSPS) is 18.2. The molecule has 1 aliphatic carbocycles. The van der Waals surface area contributed by atoms with Crippen molar-refractivity contribution in [1.29, 1.82) is 0 Å². The molecule has 1 amide bonds. The molecule has 70 valence electrons. The highest BCUT2D eigenvalue weighted by Crippen LogP contribution is 2.37. The Bertz CT molecular complexity index is 305. The van der Waals surface area contributed by atoms with E-state index in [2.05, 4.69) is 31.4 Å². The molecule has 2 N–H and O–H groups in total. The largest absolute Gasteiger partial charge is 0.346 e. The second kappa shape index (κ2) is 3.14. The molecule has 0 atom stereocenters. The molecular formula is C8H10BrN3O. The molecular weight excluding hydrogens is 234 g/mol. The van der Waals surface area contributed by atoms with Gasteiger partial charge in [0.2, 0.25) is 0 Å². The summed E-state index contributed by atoms with van der Waals surface area (Å²) in [5, 5.41) is 10.1. The van der Waals surface area contributed by atoms with Gasteiger partial charge in [-0.25, -0.2) is 0 Å². The van der Waals surface area contributed by atoms with Crippen LogP contribution in [0.5, 0.6) is 0 Å². The maximum atomic E-state index is 11.5. The van der Waals surface area contributed by atoms with E-state index in [-0.39, 0.29) is 11.4 Å². The molecule has 1 fully saturated rings. The number of carbonyl (C=O) groups excluding carboxylic acids is 1. The number of halogens is 1. The van der Waals surface area contributed by atoms with Gasteiger partial charge in [0.05, 0.1) is 17.3 Å². The van der Waals surface area contributed by atoms with Crippen LogP contribution in [0.15, 0.2) is 12.4 Å². The van der Waals surface area contributed by atoms with Crippen LogP contribution in [0.3, 0.4) is 0 Å². The molecule has 1 aromatic heterocycles. The van der Waals surface area contributed by atoms with Crippen LogP contribution in [0.4, 0.5) is 0 Å². The Kier molecular flexibility index (Phi) is 2.11. The third kappa shape index (κ3) is 1.75. The summed E-state index contributed by atoms with van der Waals surface area (Å²) in [6.45, 7) is 0. The van der Waals surface area contributed by atoms with Crippen molar-refractivity contribution >= 4 is 21.8 Å². The summed E-state index contributed by atoms with van der Waals surface area (Å²) in [5.41, 5.74) is 0.598. The standard InChI is InChI=1S/C8H10BrN3O/c9-5-8(1-2-8)12-7(13)6-3-10-11-4-6/h3-4H,1-2,5H2,(H,10,11)(H,12,13). The zero-order valence-corrected chi connectivity index (χ0v) is 8.60. The van der Waals surface area contributed by atoms with Crippen molar-refractivity contribution in [3.63, 3.8) is 0 Å². The van der Waals surface area contributed by atoms with Crippen LogP contribution in [0.2, 0.25) is 0 Å². The lowest BCUT2D eigenvalue weighted by molar-refractivity contribution is 0.0936. The molecule has 1 aliphatic rings. The number of H-pyrrole nitrogens is 1. The van der Waals surface area contributed by atoms with Crippen molar-refractivity contribution in [1.82, 2.24) is 15.5 Å². The maximum absolute atomic E-state index is 11.5. The van der Waals surface area contributed by atoms with Gasteiger partial charge in [-0.3, -0.25) is 9.89 Å². The van der Waals surface area contributed by atoms with Crippen LogP contribution >= 0.6 is 15.9 Å². The first-order chi connectivity index (χ1) is 6.26. The average Bonchev–Trinajstić information content (AvgIpc) is 2.69. The molecule has 0 unspecified atom stereocenters. The predicted octanol–water partition coefficient (Wildman–Crippen LogP) is 1.07. The van der Waals surface area contributed by atoms with Gasteiger partial charge in [-0.1, -0.05) is 15.9 Å². The summed E-state index contributed by atoms with van der Waals surface area (Å²) in [6.07, 6.45) is 5.24. The lowest BCUT2D eigenvalue weighted by Gasteiger charge is -2.12. The van der Waals surface area contributed by atoms with Gasteiger partial charge >= 0.3 is 0 Å². The van der Waals surface area contributed by atoms with E-state index >= 15 is 0 Å². The van der Waals surface area contributed by atoms with Crippen LogP contribution in [0.1, 0.15) is 23.2 Å². The van der Waals surface area contributed by atoms with E-state index in [0.29, 0.717) is 5.56 Å². The summed E-state index contributed by atoms with van der Waals surface area (Å²) in [5.74, 6) is -0.0503. The quantitative estimate of drug-likeness (QED) is 0.781. The van der Waals surface area contributed by atoms with Gasteiger partial charge in [-0.2, -0.15) is 5.10 Å². The number of nitrogens with one attached hydrogen (secondary N) is 2. The zero-order chi connectivity index (χ0) is 9.31. The molecule has 1 heterocycles. The second-order valence-corrected chi connectivity index (χ2v) is 3.92. The second-order valence-electron chi connectivity index (χ2n) is 3.36. The van der Waals surface area contributed by atoms with Gasteiger partial charge in [0.1, 0.15) is 0 Å². The fourth-order valence-corrected chi connectivity index (χ4v) is 1.83. The fraction of sp³-hybridized carbons (Fsp3) is 0.500. The van der Waals surface area contributed by atoms with Gasteiger partial charge < -0.3 is 5.32 Å². The zero-order valence-electron chi connectivity index (χ0n) is 7.01. The Balaban J connectivity index is 2.00. The molecule has 2 rings (SSSR count). The first-order valence-electron chi connectivity index (χ1n) is 4.13. The van der Waals surface area contributed by atoms with Gasteiger partial charge in [-0.15, -0.1) is 0 Å². The van der Waals surface area contributed by atoms with Crippen molar-refractivity contribution in [3.05, 3.63) is 18.0 Å². The third-order valence-corrected chi connectivity index (χ3v) is 3.32. The molecule has 0 aromatic carbocycles. The minimum Gasteiger partial charge on any atom is -0.346 e. The van der Waals surface area contributed by atoms with Gasteiger partial charge in [-0.05, 0) is 12.8 Å². The molecule has 5 heteroatoms. The van der Waals surface area contributed by atoms with Crippen LogP contribution in [0.25, 0.3) is 0 Å². The van der Waals surface area contributed by atoms with E-state index in [4.69, 9.17) is 0 Å². The minimum absolute atomic E-state index is 0.00829. The highest BCUT2D eigenvalue weighted by molar-refractivity contribution is 9.09. The summed E-state index contributed by atoms with van der Waals surface area (Å²) < 4.78 is 0. The Labute approximate surface area is 84.2 Å². The number of carbonyl (C=O) groups is 1. The van der Waals surface area contributed by atoms with Crippen molar-refractivity contribution in [2.45, 2.75) is 18.4 Å². The minimum atomic E-state index is -0.0503. The van der Waals surface area contributed by atoms with Crippen molar-refractivity contribution < 1.29 is 4.79 Å². The number of aromatic nitrogens is 2. The van der Waals surface area contributed by atoms with E-state index in [1.165, 1.54) is 6.20 Å². The maximum Gasteiger partial charge on any atom is 0.254 e. The number of nitrogens with zero attached hydrogens (tertiary/aromatic N) is 1. The highest BCUT2D eigenvalue weighted by atomic mass is 79.9. The first-order valence-corrected chi connectivity index (χ1v) is 5.25. The molecule has 0 spiro atoms. The van der Waals surface area contributed by atoms with Gasteiger partial charge in [0.25, 0.3) is 5.91 Å². The van der Waals surface area contributed by atoms with E-state index in [1.54, 1.807) is 6.20 Å². The monoisotopic (exact) mass is 243 g/mol. The molecule has 0 aliphatic heterocycles. The summed E-state index contributed by atoms with van der Waals surface area (Å²) >= 11 is 3.39. The van der Waals surface area contributed by atoms with E-state index in [9.17, 15) is 4.79 Å². The number of hydrogen-bond acceptors (Lipinski definition) is 2. The number of hydrogen-bond donors (Lipinski definition) is 2. The van der Waals surface area contributed by atoms with Crippen molar-refractivity contribution in [3.8, 4) is 0 Å². The number of aromatic amines is 1. The van der Waals surface area contributed by atoms with Crippen LogP contribution in [0, 0.1) is 0 Å². The Morgan fingerprint density at radius 3 is 3.00 bits per heavy atom. The van der Waals surface area contributed by atoms with Gasteiger partial charge in [0, 0.05) is 11.5 Å². The summed E-state index contributed by atoms with van der Waals surface area (Å²) in [4.78, 5) is 11.5. The van der Waals surface area contributed by atoms with E-state index < -0.39 is 0 Å². The van der Waals surface area contributed by atoms with Crippen LogP contribution < -0.4 is 5.32 Å². The third-order valence-electron chi connectivity index (χ3n) is 2.25. The number of alkyl halides is 1. The Hall–Kier alpha value is -0.840. The predicted molar refractivity (Wildman–Crippen MR) is 51.8 cm³/mol. The smallest absolute Gasteiger partial charge is 0.254 e.